The molecule has 0 amide bonds. The zero-order valence-corrected chi connectivity index (χ0v) is 15.7. The van der Waals surface area contributed by atoms with Crippen molar-refractivity contribution in [2.75, 3.05) is 26.9 Å². The van der Waals surface area contributed by atoms with E-state index in [9.17, 15) is 4.79 Å². The lowest BCUT2D eigenvalue weighted by Crippen LogP contribution is -2.11. The summed E-state index contributed by atoms with van der Waals surface area (Å²) < 4.78 is 22.3. The van der Waals surface area contributed by atoms with Gasteiger partial charge in [-0.3, -0.25) is 0 Å². The van der Waals surface area contributed by atoms with Crippen molar-refractivity contribution in [3.63, 3.8) is 0 Å². The van der Waals surface area contributed by atoms with Gasteiger partial charge in [0.15, 0.2) is 23.0 Å². The van der Waals surface area contributed by atoms with Crippen LogP contribution in [0.3, 0.4) is 0 Å². The highest BCUT2D eigenvalue weighted by atomic mass is 16.5. The lowest BCUT2D eigenvalue weighted by Gasteiger charge is -2.15. The van der Waals surface area contributed by atoms with Crippen molar-refractivity contribution in [3.8, 4) is 29.1 Å². The van der Waals surface area contributed by atoms with Crippen LogP contribution in [0.2, 0.25) is 0 Å². The number of carboxylic acid groups (broad SMARTS) is 1. The summed E-state index contributed by atoms with van der Waals surface area (Å²) in [6.45, 7) is 2.83. The summed E-state index contributed by atoms with van der Waals surface area (Å²) in [4.78, 5) is 11.1. The zero-order chi connectivity index (χ0) is 20.4. The van der Waals surface area contributed by atoms with E-state index >= 15 is 0 Å². The Kier molecular flexibility index (Phi) is 7.73. The van der Waals surface area contributed by atoms with Crippen LogP contribution in [-0.2, 0) is 4.79 Å². The third kappa shape index (κ3) is 5.42. The van der Waals surface area contributed by atoms with Crippen LogP contribution in [0.5, 0.6) is 23.0 Å². The second-order valence-corrected chi connectivity index (χ2v) is 5.43. The molecule has 0 radical (unpaired) electrons. The Hall–Kier alpha value is -3.66. The van der Waals surface area contributed by atoms with E-state index in [0.717, 1.165) is 0 Å². The number of carbonyl (C=O) groups is 1. The molecule has 2 aromatic rings. The molecular weight excluding hydrogens is 362 g/mol. The molecule has 0 aliphatic heterocycles. The first-order chi connectivity index (χ1) is 13.6. The predicted octanol–water partition coefficient (Wildman–Crippen LogP) is 3.54. The van der Waals surface area contributed by atoms with Crippen molar-refractivity contribution in [1.29, 1.82) is 5.26 Å². The third-order valence-corrected chi connectivity index (χ3v) is 3.62. The molecule has 7 nitrogen and oxygen atoms in total. The van der Waals surface area contributed by atoms with Gasteiger partial charge in [0.1, 0.15) is 24.9 Å². The molecule has 0 heterocycles. The van der Waals surface area contributed by atoms with E-state index < -0.39 is 11.5 Å². The van der Waals surface area contributed by atoms with Crippen LogP contribution in [0.4, 0.5) is 0 Å². The first kappa shape index (κ1) is 20.6. The number of nitriles is 1. The van der Waals surface area contributed by atoms with Crippen molar-refractivity contribution in [2.24, 2.45) is 0 Å². The lowest BCUT2D eigenvalue weighted by atomic mass is 10.1. The fourth-order valence-corrected chi connectivity index (χ4v) is 2.40. The Bertz CT molecular complexity index is 885. The maximum atomic E-state index is 11.1. The van der Waals surface area contributed by atoms with E-state index in [0.29, 0.717) is 35.2 Å². The summed E-state index contributed by atoms with van der Waals surface area (Å²) in [5.41, 5.74) is 0.0213. The molecule has 0 aliphatic rings. The smallest absolute Gasteiger partial charge is 0.346 e. The van der Waals surface area contributed by atoms with Gasteiger partial charge in [0.2, 0.25) is 0 Å². The average Bonchev–Trinajstić information content (AvgIpc) is 2.70. The number of para-hydroxylation sites is 3. The highest BCUT2D eigenvalue weighted by Gasteiger charge is 2.13. The van der Waals surface area contributed by atoms with Crippen molar-refractivity contribution >= 4 is 12.0 Å². The Labute approximate surface area is 163 Å². The van der Waals surface area contributed by atoms with E-state index in [1.165, 1.54) is 13.2 Å². The normalized spacial score (nSPS) is 10.7. The van der Waals surface area contributed by atoms with Crippen LogP contribution < -0.4 is 18.9 Å². The first-order valence-corrected chi connectivity index (χ1v) is 8.60. The Morgan fingerprint density at radius 3 is 2.29 bits per heavy atom. The highest BCUT2D eigenvalue weighted by molar-refractivity contribution is 5.97. The van der Waals surface area contributed by atoms with Crippen LogP contribution in [0.25, 0.3) is 6.08 Å². The van der Waals surface area contributed by atoms with E-state index in [2.05, 4.69) is 0 Å². The van der Waals surface area contributed by atoms with Crippen LogP contribution in [0.15, 0.2) is 48.0 Å². The number of hydrogen-bond donors (Lipinski definition) is 1. The number of hydrogen-bond acceptors (Lipinski definition) is 6. The summed E-state index contributed by atoms with van der Waals surface area (Å²) in [5.74, 6) is 0.691. The molecule has 0 aromatic heterocycles. The molecule has 0 bridgehead atoms. The summed E-state index contributed by atoms with van der Waals surface area (Å²) in [5, 5.41) is 18.0. The minimum absolute atomic E-state index is 0.177. The van der Waals surface area contributed by atoms with Crippen LogP contribution in [0.1, 0.15) is 12.5 Å². The number of ether oxygens (including phenoxy) is 4. The van der Waals surface area contributed by atoms with Gasteiger partial charge >= 0.3 is 5.97 Å². The van der Waals surface area contributed by atoms with E-state index in [1.807, 2.05) is 25.1 Å². The maximum absolute atomic E-state index is 11.1. The predicted molar refractivity (Wildman–Crippen MR) is 103 cm³/mol. The SMILES string of the molecule is CCOc1ccccc1OCCOc1c(C=C(C#N)C(=O)O)cccc1OC. The Morgan fingerprint density at radius 1 is 1.04 bits per heavy atom. The summed E-state index contributed by atoms with van der Waals surface area (Å²) in [6, 6.07) is 14.0. The molecule has 0 fully saturated rings. The molecule has 0 unspecified atom stereocenters. The molecule has 2 aromatic carbocycles. The van der Waals surface area contributed by atoms with Crippen molar-refractivity contribution < 1.29 is 28.8 Å². The molecule has 7 heteroatoms. The molecule has 0 aliphatic carbocycles. The standard InChI is InChI=1S/C21H21NO6/c1-3-26-17-8-4-5-9-18(17)27-11-12-28-20-15(7-6-10-19(20)25-2)13-16(14-22)21(23)24/h4-10,13H,3,11-12H2,1-2H3,(H,23,24). The van der Waals surface area contributed by atoms with Gasteiger partial charge in [0, 0.05) is 5.56 Å². The molecule has 2 rings (SSSR count). The van der Waals surface area contributed by atoms with Crippen molar-refractivity contribution in [3.05, 3.63) is 53.6 Å². The topological polar surface area (TPSA) is 98.0 Å². The number of aliphatic carboxylic acids is 1. The maximum Gasteiger partial charge on any atom is 0.346 e. The van der Waals surface area contributed by atoms with E-state index in [-0.39, 0.29) is 13.2 Å². The van der Waals surface area contributed by atoms with Crippen molar-refractivity contribution in [1.82, 2.24) is 0 Å². The Morgan fingerprint density at radius 2 is 1.68 bits per heavy atom. The number of nitrogens with zero attached hydrogens (tertiary/aromatic N) is 1. The third-order valence-electron chi connectivity index (χ3n) is 3.62. The van der Waals surface area contributed by atoms with Gasteiger partial charge in [-0.15, -0.1) is 0 Å². The zero-order valence-electron chi connectivity index (χ0n) is 15.7. The summed E-state index contributed by atoms with van der Waals surface area (Å²) in [6.07, 6.45) is 1.24. The minimum atomic E-state index is -1.31. The first-order valence-electron chi connectivity index (χ1n) is 8.60. The molecule has 28 heavy (non-hydrogen) atoms. The minimum Gasteiger partial charge on any atom is -0.493 e. The second kappa shape index (κ2) is 10.5. The quantitative estimate of drug-likeness (QED) is 0.381. The Balaban J connectivity index is 2.12. The van der Waals surface area contributed by atoms with Gasteiger partial charge < -0.3 is 24.1 Å². The van der Waals surface area contributed by atoms with Gasteiger partial charge in [-0.2, -0.15) is 5.26 Å². The number of carboxylic acids is 1. The fourth-order valence-electron chi connectivity index (χ4n) is 2.40. The molecule has 0 spiro atoms. The monoisotopic (exact) mass is 383 g/mol. The van der Waals surface area contributed by atoms with Gasteiger partial charge in [-0.1, -0.05) is 24.3 Å². The average molecular weight is 383 g/mol. The fraction of sp³-hybridized carbons (Fsp3) is 0.238. The summed E-state index contributed by atoms with van der Waals surface area (Å²) >= 11 is 0. The molecule has 146 valence electrons. The highest BCUT2D eigenvalue weighted by Crippen LogP contribution is 2.33. The summed E-state index contributed by atoms with van der Waals surface area (Å²) in [7, 11) is 1.48. The molecule has 0 saturated carbocycles. The number of methoxy groups -OCH3 is 1. The van der Waals surface area contributed by atoms with Crippen LogP contribution in [0, 0.1) is 11.3 Å². The number of rotatable bonds is 10. The molecule has 0 saturated heterocycles. The van der Waals surface area contributed by atoms with Gasteiger partial charge in [0.25, 0.3) is 0 Å². The largest absolute Gasteiger partial charge is 0.493 e. The van der Waals surface area contributed by atoms with Gasteiger partial charge in [-0.05, 0) is 31.2 Å². The van der Waals surface area contributed by atoms with Crippen molar-refractivity contribution in [2.45, 2.75) is 6.92 Å². The van der Waals surface area contributed by atoms with Crippen LogP contribution >= 0.6 is 0 Å². The van der Waals surface area contributed by atoms with E-state index in [1.54, 1.807) is 30.3 Å². The van der Waals surface area contributed by atoms with Gasteiger partial charge in [-0.25, -0.2) is 4.79 Å². The molecule has 1 N–H and O–H groups in total. The second-order valence-electron chi connectivity index (χ2n) is 5.43. The van der Waals surface area contributed by atoms with Gasteiger partial charge in [0.05, 0.1) is 13.7 Å². The van der Waals surface area contributed by atoms with Crippen LogP contribution in [-0.4, -0.2) is 38.0 Å². The lowest BCUT2D eigenvalue weighted by molar-refractivity contribution is -0.132. The molecule has 0 atom stereocenters. The van der Waals surface area contributed by atoms with E-state index in [4.69, 9.17) is 29.3 Å². The molecular formula is C21H21NO6. The number of benzene rings is 2.